The molecule has 15 heavy (non-hydrogen) atoms. The van der Waals surface area contributed by atoms with Crippen LogP contribution in [0, 0.1) is 0 Å². The van der Waals surface area contributed by atoms with Crippen LogP contribution in [0.15, 0.2) is 29.7 Å². The van der Waals surface area contributed by atoms with Crippen molar-refractivity contribution >= 4 is 16.2 Å². The Hall–Kier alpha value is -0.330. The molecule has 0 atom stereocenters. The van der Waals surface area contributed by atoms with Crippen molar-refractivity contribution in [1.82, 2.24) is 0 Å². The van der Waals surface area contributed by atoms with Gasteiger partial charge in [0, 0.05) is 0 Å². The molecule has 0 saturated heterocycles. The van der Waals surface area contributed by atoms with Crippen LogP contribution in [-0.2, 0) is 10.1 Å². The van der Waals surface area contributed by atoms with Crippen molar-refractivity contribution in [2.24, 2.45) is 0 Å². The van der Waals surface area contributed by atoms with Gasteiger partial charge in [-0.05, 0) is 23.8 Å². The molecule has 0 bridgehead atoms. The molecule has 6 heteroatoms. The second kappa shape index (κ2) is 6.30. The molecule has 0 radical (unpaired) electrons. The molecule has 1 N–H and O–H groups in total. The SMILES string of the molecule is COc1ccc(/C=C/S(=O)(=O)O)cc1.[H-].[Na+]. The van der Waals surface area contributed by atoms with E-state index in [0.717, 1.165) is 5.41 Å². The van der Waals surface area contributed by atoms with Gasteiger partial charge in [-0.25, -0.2) is 0 Å². The summed E-state index contributed by atoms with van der Waals surface area (Å²) in [6, 6.07) is 6.76. The summed E-state index contributed by atoms with van der Waals surface area (Å²) in [5, 5.41) is 0.731. The van der Waals surface area contributed by atoms with Crippen LogP contribution < -0.4 is 34.3 Å². The minimum Gasteiger partial charge on any atom is -1.00 e. The maximum atomic E-state index is 10.4. The van der Waals surface area contributed by atoms with E-state index in [1.807, 2.05) is 0 Å². The van der Waals surface area contributed by atoms with Crippen molar-refractivity contribution < 1.29 is 48.7 Å². The number of rotatable bonds is 3. The zero-order valence-electron chi connectivity index (χ0n) is 9.54. The predicted octanol–water partition coefficient (Wildman–Crippen LogP) is -1.33. The summed E-state index contributed by atoms with van der Waals surface area (Å²) < 4.78 is 34.1. The summed E-state index contributed by atoms with van der Waals surface area (Å²) >= 11 is 0. The first kappa shape index (κ1) is 14.7. The fraction of sp³-hybridized carbons (Fsp3) is 0.111. The van der Waals surface area contributed by atoms with E-state index in [4.69, 9.17) is 9.29 Å². The third kappa shape index (κ3) is 5.96. The summed E-state index contributed by atoms with van der Waals surface area (Å²) in [6.07, 6.45) is 1.30. The van der Waals surface area contributed by atoms with E-state index in [-0.39, 0.29) is 31.0 Å². The molecule has 0 heterocycles. The van der Waals surface area contributed by atoms with E-state index < -0.39 is 10.1 Å². The predicted molar refractivity (Wildman–Crippen MR) is 54.7 cm³/mol. The summed E-state index contributed by atoms with van der Waals surface area (Å²) in [5.41, 5.74) is 0.670. The van der Waals surface area contributed by atoms with Gasteiger partial charge in [0.2, 0.25) is 0 Å². The number of hydrogen-bond acceptors (Lipinski definition) is 3. The van der Waals surface area contributed by atoms with E-state index in [2.05, 4.69) is 0 Å². The van der Waals surface area contributed by atoms with Crippen LogP contribution in [0.25, 0.3) is 6.08 Å². The Balaban J connectivity index is 0. The van der Waals surface area contributed by atoms with Crippen molar-refractivity contribution in [3.05, 3.63) is 35.2 Å². The topological polar surface area (TPSA) is 63.6 Å². The summed E-state index contributed by atoms with van der Waals surface area (Å²) in [5.74, 6) is 0.689. The van der Waals surface area contributed by atoms with Gasteiger partial charge in [-0.15, -0.1) is 0 Å². The molecular weight excluding hydrogens is 227 g/mol. The van der Waals surface area contributed by atoms with Crippen LogP contribution in [0.4, 0.5) is 0 Å². The van der Waals surface area contributed by atoms with E-state index in [1.165, 1.54) is 6.08 Å². The maximum absolute atomic E-state index is 10.4. The second-order valence-electron chi connectivity index (χ2n) is 2.59. The van der Waals surface area contributed by atoms with Crippen molar-refractivity contribution in [1.29, 1.82) is 0 Å². The van der Waals surface area contributed by atoms with E-state index >= 15 is 0 Å². The molecular formula is C9H11NaO4S. The molecule has 0 spiro atoms. The Morgan fingerprint density at radius 2 is 1.87 bits per heavy atom. The van der Waals surface area contributed by atoms with Gasteiger partial charge >= 0.3 is 29.6 Å². The molecule has 0 amide bonds. The van der Waals surface area contributed by atoms with Gasteiger partial charge in [0.1, 0.15) is 5.75 Å². The molecule has 0 saturated carbocycles. The number of methoxy groups -OCH3 is 1. The van der Waals surface area contributed by atoms with Gasteiger partial charge in [-0.1, -0.05) is 12.1 Å². The molecule has 1 aromatic rings. The van der Waals surface area contributed by atoms with Crippen LogP contribution in [0.2, 0.25) is 0 Å². The number of ether oxygens (including phenoxy) is 1. The quantitative estimate of drug-likeness (QED) is 0.523. The van der Waals surface area contributed by atoms with Crippen LogP contribution >= 0.6 is 0 Å². The Labute approximate surface area is 112 Å². The summed E-state index contributed by atoms with van der Waals surface area (Å²) in [7, 11) is -2.51. The third-order valence-corrected chi connectivity index (χ3v) is 2.03. The van der Waals surface area contributed by atoms with Crippen molar-refractivity contribution in [3.63, 3.8) is 0 Å². The molecule has 4 nitrogen and oxygen atoms in total. The Bertz CT molecular complexity index is 427. The van der Waals surface area contributed by atoms with Crippen molar-refractivity contribution in [2.75, 3.05) is 7.11 Å². The first-order chi connectivity index (χ1) is 6.51. The van der Waals surface area contributed by atoms with E-state index in [9.17, 15) is 8.42 Å². The first-order valence-electron chi connectivity index (χ1n) is 3.81. The van der Waals surface area contributed by atoms with E-state index in [0.29, 0.717) is 11.3 Å². The Morgan fingerprint density at radius 3 is 2.27 bits per heavy atom. The maximum Gasteiger partial charge on any atom is 1.00 e. The smallest absolute Gasteiger partial charge is 1.00 e. The molecule has 0 unspecified atom stereocenters. The van der Waals surface area contributed by atoms with Crippen molar-refractivity contribution in [2.45, 2.75) is 0 Å². The van der Waals surface area contributed by atoms with Gasteiger partial charge in [-0.3, -0.25) is 4.55 Å². The number of hydrogen-bond donors (Lipinski definition) is 1. The summed E-state index contributed by atoms with van der Waals surface area (Å²) in [6.45, 7) is 0. The van der Waals surface area contributed by atoms with Crippen LogP contribution in [-0.4, -0.2) is 20.1 Å². The van der Waals surface area contributed by atoms with Gasteiger partial charge in [-0.2, -0.15) is 8.42 Å². The van der Waals surface area contributed by atoms with E-state index in [1.54, 1.807) is 31.4 Å². The molecule has 0 aromatic heterocycles. The Kier molecular flexibility index (Phi) is 6.16. The monoisotopic (exact) mass is 238 g/mol. The third-order valence-electron chi connectivity index (χ3n) is 1.55. The molecule has 78 valence electrons. The van der Waals surface area contributed by atoms with Gasteiger partial charge in [0.05, 0.1) is 12.5 Å². The average molecular weight is 238 g/mol. The molecule has 1 rings (SSSR count). The normalized spacial score (nSPS) is 11.1. The molecule has 0 aliphatic carbocycles. The van der Waals surface area contributed by atoms with Crippen LogP contribution in [0.3, 0.4) is 0 Å². The fourth-order valence-electron chi connectivity index (χ4n) is 0.880. The van der Waals surface area contributed by atoms with Crippen molar-refractivity contribution in [3.8, 4) is 5.75 Å². The Morgan fingerprint density at radius 1 is 1.33 bits per heavy atom. The molecule has 0 aliphatic rings. The minimum absolute atomic E-state index is 0. The minimum atomic E-state index is -4.05. The second-order valence-corrected chi connectivity index (χ2v) is 3.89. The van der Waals surface area contributed by atoms with Gasteiger partial charge < -0.3 is 6.16 Å². The van der Waals surface area contributed by atoms with Gasteiger partial charge in [0.15, 0.2) is 0 Å². The van der Waals surface area contributed by atoms with Crippen LogP contribution in [0.1, 0.15) is 6.99 Å². The molecule has 0 aliphatic heterocycles. The average Bonchev–Trinajstić information content (AvgIpc) is 2.14. The molecule has 1 aromatic carbocycles. The standard InChI is InChI=1S/C9H10O4S.Na.H/c1-13-9-4-2-8(3-5-9)6-7-14(10,11)12;;/h2-7H,1H3,(H,10,11,12);;/q;+1;-1/b7-6+;;. The van der Waals surface area contributed by atoms with Crippen LogP contribution in [0.5, 0.6) is 5.75 Å². The summed E-state index contributed by atoms with van der Waals surface area (Å²) in [4.78, 5) is 0. The first-order valence-corrected chi connectivity index (χ1v) is 5.31. The fourth-order valence-corrected chi connectivity index (χ4v) is 1.21. The largest absolute Gasteiger partial charge is 1.00 e. The zero-order valence-corrected chi connectivity index (χ0v) is 11.4. The zero-order chi connectivity index (χ0) is 10.6. The van der Waals surface area contributed by atoms with Gasteiger partial charge in [0.25, 0.3) is 10.1 Å². The molecule has 0 fully saturated rings. The number of benzene rings is 1.